The molecule has 0 bridgehead atoms. The molecule has 0 radical (unpaired) electrons. The number of aryl methyl sites for hydroxylation is 1. The minimum atomic E-state index is -0.162. The molecule has 1 fully saturated rings. The van der Waals surface area contributed by atoms with Gasteiger partial charge in [-0.05, 0) is 55.3 Å². The van der Waals surface area contributed by atoms with Gasteiger partial charge < -0.3 is 18.8 Å². The first-order chi connectivity index (χ1) is 14.5. The van der Waals surface area contributed by atoms with Gasteiger partial charge in [0.2, 0.25) is 5.91 Å². The molecular formula is C23H24ClN3O3. The molecule has 1 aliphatic carbocycles. The molecule has 30 heavy (non-hydrogen) atoms. The quantitative estimate of drug-likeness (QED) is 0.545. The number of aromatic nitrogens is 1. The largest absolute Gasteiger partial charge is 0.467 e. The highest BCUT2D eigenvalue weighted by atomic mass is 35.5. The smallest absolute Gasteiger partial charge is 0.254 e. The first kappa shape index (κ1) is 20.3. The Bertz CT molecular complexity index is 1020. The fraction of sp³-hybridized carbons (Fsp3) is 0.304. The highest BCUT2D eigenvalue weighted by Crippen LogP contribution is 2.29. The van der Waals surface area contributed by atoms with Crippen molar-refractivity contribution in [3.05, 3.63) is 83.0 Å². The van der Waals surface area contributed by atoms with Gasteiger partial charge in [0.1, 0.15) is 12.3 Å². The van der Waals surface area contributed by atoms with E-state index in [1.54, 1.807) is 46.4 Å². The van der Waals surface area contributed by atoms with E-state index in [2.05, 4.69) is 0 Å². The van der Waals surface area contributed by atoms with Crippen molar-refractivity contribution >= 4 is 23.4 Å². The van der Waals surface area contributed by atoms with E-state index in [4.69, 9.17) is 16.0 Å². The van der Waals surface area contributed by atoms with Crippen LogP contribution in [0.1, 0.15) is 34.7 Å². The zero-order chi connectivity index (χ0) is 21.1. The number of hydrogen-bond donors (Lipinski definition) is 0. The molecule has 1 aliphatic rings. The van der Waals surface area contributed by atoms with Crippen molar-refractivity contribution in [1.29, 1.82) is 0 Å². The molecule has 0 spiro atoms. The Hall–Kier alpha value is -2.99. The molecule has 156 valence electrons. The van der Waals surface area contributed by atoms with Gasteiger partial charge in [0.05, 0.1) is 19.4 Å². The van der Waals surface area contributed by atoms with Crippen molar-refractivity contribution in [2.75, 3.05) is 6.54 Å². The van der Waals surface area contributed by atoms with Crippen LogP contribution in [0.3, 0.4) is 0 Å². The number of furan rings is 1. The third-order valence-corrected chi connectivity index (χ3v) is 5.54. The highest BCUT2D eigenvalue weighted by Gasteiger charge is 2.35. The zero-order valence-electron chi connectivity index (χ0n) is 16.8. The van der Waals surface area contributed by atoms with E-state index < -0.39 is 0 Å². The van der Waals surface area contributed by atoms with Gasteiger partial charge in [0.25, 0.3) is 5.91 Å². The molecule has 0 aliphatic heterocycles. The van der Waals surface area contributed by atoms with Crippen LogP contribution in [0.5, 0.6) is 0 Å². The molecule has 0 saturated heterocycles. The second kappa shape index (κ2) is 8.79. The Labute approximate surface area is 180 Å². The minimum absolute atomic E-state index is 0.0289. The third kappa shape index (κ3) is 4.76. The summed E-state index contributed by atoms with van der Waals surface area (Å²) in [6.45, 7) is 0.814. The second-order valence-electron chi connectivity index (χ2n) is 7.61. The van der Waals surface area contributed by atoms with E-state index in [-0.39, 0.29) is 24.4 Å². The first-order valence-electron chi connectivity index (χ1n) is 9.98. The van der Waals surface area contributed by atoms with Crippen LogP contribution in [-0.4, -0.2) is 38.8 Å². The van der Waals surface area contributed by atoms with Crippen LogP contribution >= 0.6 is 11.6 Å². The molecule has 1 aromatic carbocycles. The maximum absolute atomic E-state index is 13.3. The van der Waals surface area contributed by atoms with Gasteiger partial charge in [-0.1, -0.05) is 17.7 Å². The summed E-state index contributed by atoms with van der Waals surface area (Å²) in [6.07, 6.45) is 5.37. The Balaban J connectivity index is 1.53. The molecule has 0 atom stereocenters. The topological polar surface area (TPSA) is 58.7 Å². The average Bonchev–Trinajstić information content (AvgIpc) is 3.29. The Morgan fingerprint density at radius 3 is 2.60 bits per heavy atom. The lowest BCUT2D eigenvalue weighted by atomic mass is 10.2. The maximum atomic E-state index is 13.3. The van der Waals surface area contributed by atoms with Gasteiger partial charge in [0, 0.05) is 35.6 Å². The summed E-state index contributed by atoms with van der Waals surface area (Å²) in [4.78, 5) is 29.8. The van der Waals surface area contributed by atoms with Crippen LogP contribution in [0.2, 0.25) is 5.02 Å². The predicted molar refractivity (Wildman–Crippen MR) is 114 cm³/mol. The number of hydrogen-bond acceptors (Lipinski definition) is 3. The monoisotopic (exact) mass is 425 g/mol. The number of carbonyl (C=O) groups is 2. The summed E-state index contributed by atoms with van der Waals surface area (Å²) in [5.41, 5.74) is 1.51. The Morgan fingerprint density at radius 1 is 1.13 bits per heavy atom. The standard InChI is InChI=1S/C23H24ClN3O3/c1-25-11-3-7-20(25)14-26(15-21-8-4-12-30-21)22(28)16-27(19-9-10-19)23(29)17-5-2-6-18(24)13-17/h2-8,11-13,19H,9-10,14-16H2,1H3. The first-order valence-corrected chi connectivity index (χ1v) is 10.4. The molecule has 1 saturated carbocycles. The molecule has 0 N–H and O–H groups in total. The van der Waals surface area contributed by atoms with Gasteiger partial charge in [-0.3, -0.25) is 9.59 Å². The molecule has 7 heteroatoms. The van der Waals surface area contributed by atoms with Crippen LogP contribution in [0.15, 0.2) is 65.4 Å². The van der Waals surface area contributed by atoms with Crippen molar-refractivity contribution in [3.8, 4) is 0 Å². The Kier molecular flexibility index (Phi) is 5.95. The van der Waals surface area contributed by atoms with Gasteiger partial charge in [0.15, 0.2) is 0 Å². The summed E-state index contributed by atoms with van der Waals surface area (Å²) < 4.78 is 7.45. The lowest BCUT2D eigenvalue weighted by Gasteiger charge is -2.27. The predicted octanol–water partition coefficient (Wildman–Crippen LogP) is 4.11. The van der Waals surface area contributed by atoms with Crippen molar-refractivity contribution in [2.24, 2.45) is 7.05 Å². The van der Waals surface area contributed by atoms with Crippen molar-refractivity contribution in [3.63, 3.8) is 0 Å². The van der Waals surface area contributed by atoms with Gasteiger partial charge in [-0.25, -0.2) is 0 Å². The van der Waals surface area contributed by atoms with E-state index in [0.717, 1.165) is 18.5 Å². The zero-order valence-corrected chi connectivity index (χ0v) is 17.6. The molecule has 0 unspecified atom stereocenters. The van der Waals surface area contributed by atoms with E-state index in [0.29, 0.717) is 29.4 Å². The van der Waals surface area contributed by atoms with E-state index in [1.165, 1.54) is 0 Å². The minimum Gasteiger partial charge on any atom is -0.467 e. The van der Waals surface area contributed by atoms with Crippen LogP contribution in [0.4, 0.5) is 0 Å². The molecular weight excluding hydrogens is 402 g/mol. The van der Waals surface area contributed by atoms with Crippen LogP contribution in [0, 0.1) is 0 Å². The SMILES string of the molecule is Cn1cccc1CN(Cc1ccco1)C(=O)CN(C(=O)c1cccc(Cl)c1)C1CC1. The van der Waals surface area contributed by atoms with Crippen molar-refractivity contribution in [1.82, 2.24) is 14.4 Å². The van der Waals surface area contributed by atoms with Crippen LogP contribution < -0.4 is 0 Å². The fourth-order valence-electron chi connectivity index (χ4n) is 3.47. The number of amides is 2. The summed E-state index contributed by atoms with van der Waals surface area (Å²) in [5.74, 6) is 0.428. The lowest BCUT2D eigenvalue weighted by Crippen LogP contribution is -2.43. The van der Waals surface area contributed by atoms with Crippen LogP contribution in [-0.2, 0) is 24.9 Å². The van der Waals surface area contributed by atoms with E-state index >= 15 is 0 Å². The van der Waals surface area contributed by atoms with E-state index in [9.17, 15) is 9.59 Å². The van der Waals surface area contributed by atoms with Gasteiger partial charge >= 0.3 is 0 Å². The fourth-order valence-corrected chi connectivity index (χ4v) is 3.66. The van der Waals surface area contributed by atoms with E-state index in [1.807, 2.05) is 36.0 Å². The summed E-state index contributed by atoms with van der Waals surface area (Å²) in [5, 5.41) is 0.506. The number of carbonyl (C=O) groups excluding carboxylic acids is 2. The molecule has 3 aromatic rings. The van der Waals surface area contributed by atoms with Crippen molar-refractivity contribution < 1.29 is 14.0 Å². The van der Waals surface area contributed by atoms with Crippen LogP contribution in [0.25, 0.3) is 0 Å². The number of benzene rings is 1. The number of halogens is 1. The molecule has 2 heterocycles. The maximum Gasteiger partial charge on any atom is 0.254 e. The normalized spacial score (nSPS) is 13.3. The number of nitrogens with zero attached hydrogens (tertiary/aromatic N) is 3. The third-order valence-electron chi connectivity index (χ3n) is 5.31. The van der Waals surface area contributed by atoms with Gasteiger partial charge in [-0.15, -0.1) is 0 Å². The molecule has 6 nitrogen and oxygen atoms in total. The average molecular weight is 426 g/mol. The summed E-state index contributed by atoms with van der Waals surface area (Å²) in [7, 11) is 1.95. The highest BCUT2D eigenvalue weighted by molar-refractivity contribution is 6.31. The second-order valence-corrected chi connectivity index (χ2v) is 8.05. The summed E-state index contributed by atoms with van der Waals surface area (Å²) >= 11 is 6.06. The van der Waals surface area contributed by atoms with Gasteiger partial charge in [-0.2, -0.15) is 0 Å². The molecule has 4 rings (SSSR count). The Morgan fingerprint density at radius 2 is 1.97 bits per heavy atom. The van der Waals surface area contributed by atoms with Crippen molar-refractivity contribution in [2.45, 2.75) is 32.0 Å². The molecule has 2 aromatic heterocycles. The molecule has 2 amide bonds. The lowest BCUT2D eigenvalue weighted by molar-refractivity contribution is -0.133. The number of rotatable bonds is 8. The summed E-state index contributed by atoms with van der Waals surface area (Å²) in [6, 6.07) is 14.5.